The molecule has 4 heteroatoms. The van der Waals surface area contributed by atoms with Crippen LogP contribution in [0.15, 0.2) is 18.3 Å². The summed E-state index contributed by atoms with van der Waals surface area (Å²) >= 11 is 0. The third-order valence-electron chi connectivity index (χ3n) is 3.31. The van der Waals surface area contributed by atoms with E-state index in [-0.39, 0.29) is 18.6 Å². The summed E-state index contributed by atoms with van der Waals surface area (Å²) in [4.78, 5) is 16.4. The molecule has 0 saturated heterocycles. The molecule has 1 aromatic heterocycles. The van der Waals surface area contributed by atoms with Gasteiger partial charge >= 0.3 is 0 Å². The topological polar surface area (TPSA) is 62.2 Å². The van der Waals surface area contributed by atoms with Gasteiger partial charge in [0.15, 0.2) is 0 Å². The molecule has 0 aromatic carbocycles. The standard InChI is InChI=1S/C17H24N2O2/c1-4-13(2)12-14(3)19-17(21)16-15(8-5-6-11-20)9-7-10-18-16/h7,9-10,13-14,20H,4,6,11-12H2,1-3H3,(H,19,21). The van der Waals surface area contributed by atoms with Crippen LogP contribution in [-0.2, 0) is 0 Å². The molecule has 0 spiro atoms. The van der Waals surface area contributed by atoms with Crippen molar-refractivity contribution in [3.63, 3.8) is 0 Å². The van der Waals surface area contributed by atoms with Crippen molar-refractivity contribution < 1.29 is 9.90 Å². The van der Waals surface area contributed by atoms with Crippen molar-refractivity contribution in [2.24, 2.45) is 5.92 Å². The molecule has 1 amide bonds. The van der Waals surface area contributed by atoms with Crippen molar-refractivity contribution in [2.75, 3.05) is 6.61 Å². The van der Waals surface area contributed by atoms with Gasteiger partial charge in [-0.15, -0.1) is 0 Å². The number of hydrogen-bond acceptors (Lipinski definition) is 3. The number of hydrogen-bond donors (Lipinski definition) is 2. The molecule has 0 radical (unpaired) electrons. The van der Waals surface area contributed by atoms with Crippen molar-refractivity contribution in [3.05, 3.63) is 29.6 Å². The molecule has 0 fully saturated rings. The molecule has 0 aliphatic heterocycles. The van der Waals surface area contributed by atoms with Gasteiger partial charge in [-0.3, -0.25) is 4.79 Å². The van der Waals surface area contributed by atoms with Gasteiger partial charge in [-0.05, 0) is 31.4 Å². The van der Waals surface area contributed by atoms with Gasteiger partial charge in [0, 0.05) is 18.7 Å². The number of nitrogens with one attached hydrogen (secondary N) is 1. The molecule has 21 heavy (non-hydrogen) atoms. The summed E-state index contributed by atoms with van der Waals surface area (Å²) in [5, 5.41) is 11.7. The summed E-state index contributed by atoms with van der Waals surface area (Å²) in [6, 6.07) is 3.63. The Balaban J connectivity index is 2.76. The van der Waals surface area contributed by atoms with Crippen LogP contribution in [0, 0.1) is 17.8 Å². The van der Waals surface area contributed by atoms with E-state index in [1.807, 2.05) is 6.92 Å². The van der Waals surface area contributed by atoms with Gasteiger partial charge in [-0.1, -0.05) is 32.1 Å². The van der Waals surface area contributed by atoms with Gasteiger partial charge in [0.25, 0.3) is 5.91 Å². The van der Waals surface area contributed by atoms with E-state index in [9.17, 15) is 4.79 Å². The predicted octanol–water partition coefficient (Wildman–Crippen LogP) is 2.37. The van der Waals surface area contributed by atoms with Crippen LogP contribution in [0.1, 0.15) is 56.1 Å². The summed E-state index contributed by atoms with van der Waals surface area (Å²) < 4.78 is 0. The molecular formula is C17H24N2O2. The first kappa shape index (κ1) is 17.2. The largest absolute Gasteiger partial charge is 0.395 e. The zero-order valence-corrected chi connectivity index (χ0v) is 13.0. The predicted molar refractivity (Wildman–Crippen MR) is 83.8 cm³/mol. The zero-order valence-electron chi connectivity index (χ0n) is 13.0. The molecule has 4 nitrogen and oxygen atoms in total. The first-order chi connectivity index (χ1) is 10.1. The fourth-order valence-corrected chi connectivity index (χ4v) is 2.02. The fourth-order valence-electron chi connectivity index (χ4n) is 2.02. The zero-order chi connectivity index (χ0) is 15.7. The Kier molecular flexibility index (Phi) is 7.49. The van der Waals surface area contributed by atoms with Crippen molar-refractivity contribution in [2.45, 2.75) is 46.1 Å². The Morgan fingerprint density at radius 3 is 2.90 bits per heavy atom. The van der Waals surface area contributed by atoms with Gasteiger partial charge in [0.1, 0.15) is 5.69 Å². The lowest BCUT2D eigenvalue weighted by molar-refractivity contribution is 0.0930. The van der Waals surface area contributed by atoms with E-state index in [0.29, 0.717) is 23.6 Å². The number of pyridine rings is 1. The Morgan fingerprint density at radius 1 is 1.48 bits per heavy atom. The van der Waals surface area contributed by atoms with Crippen LogP contribution in [0.25, 0.3) is 0 Å². The maximum absolute atomic E-state index is 12.3. The average Bonchev–Trinajstić information content (AvgIpc) is 2.47. The van der Waals surface area contributed by atoms with E-state index in [0.717, 1.165) is 12.8 Å². The van der Waals surface area contributed by atoms with Crippen molar-refractivity contribution in [3.8, 4) is 11.8 Å². The van der Waals surface area contributed by atoms with Crippen LogP contribution < -0.4 is 5.32 Å². The highest BCUT2D eigenvalue weighted by molar-refractivity contribution is 5.94. The molecule has 1 rings (SSSR count). The van der Waals surface area contributed by atoms with Gasteiger partial charge in [0.2, 0.25) is 0 Å². The second-order valence-electron chi connectivity index (χ2n) is 5.30. The van der Waals surface area contributed by atoms with E-state index in [1.165, 1.54) is 0 Å². The third-order valence-corrected chi connectivity index (χ3v) is 3.31. The second-order valence-corrected chi connectivity index (χ2v) is 5.30. The Labute approximate surface area is 127 Å². The van der Waals surface area contributed by atoms with E-state index in [1.54, 1.807) is 18.3 Å². The molecule has 0 aliphatic carbocycles. The van der Waals surface area contributed by atoms with Crippen LogP contribution in [0.5, 0.6) is 0 Å². The van der Waals surface area contributed by atoms with Gasteiger partial charge in [0.05, 0.1) is 12.2 Å². The number of aromatic nitrogens is 1. The molecule has 2 atom stereocenters. The van der Waals surface area contributed by atoms with Crippen LogP contribution in [0.4, 0.5) is 0 Å². The van der Waals surface area contributed by atoms with Crippen LogP contribution in [0.2, 0.25) is 0 Å². The van der Waals surface area contributed by atoms with E-state index in [2.05, 4.69) is 36.0 Å². The minimum absolute atomic E-state index is 0.0146. The number of amides is 1. The first-order valence-electron chi connectivity index (χ1n) is 7.44. The normalized spacial score (nSPS) is 13.0. The summed E-state index contributed by atoms with van der Waals surface area (Å²) in [5.41, 5.74) is 0.943. The molecule has 1 heterocycles. The fraction of sp³-hybridized carbons (Fsp3) is 0.529. The van der Waals surface area contributed by atoms with Gasteiger partial charge < -0.3 is 10.4 Å². The van der Waals surface area contributed by atoms with Crippen molar-refractivity contribution >= 4 is 5.91 Å². The summed E-state index contributed by atoms with van der Waals surface area (Å²) in [7, 11) is 0. The molecule has 0 bridgehead atoms. The number of aliphatic hydroxyl groups is 1. The number of carbonyl (C=O) groups is 1. The van der Waals surface area contributed by atoms with Crippen molar-refractivity contribution in [1.29, 1.82) is 0 Å². The van der Waals surface area contributed by atoms with Gasteiger partial charge in [-0.25, -0.2) is 4.98 Å². The maximum atomic E-state index is 12.3. The summed E-state index contributed by atoms with van der Waals surface area (Å²) in [5.74, 6) is 6.09. The summed E-state index contributed by atoms with van der Waals surface area (Å²) in [6.45, 7) is 6.34. The third kappa shape index (κ3) is 5.97. The molecule has 0 aliphatic rings. The first-order valence-corrected chi connectivity index (χ1v) is 7.44. The molecule has 2 N–H and O–H groups in total. The number of nitrogens with zero attached hydrogens (tertiary/aromatic N) is 1. The lowest BCUT2D eigenvalue weighted by Gasteiger charge is -2.17. The Bertz CT molecular complexity index is 517. The average molecular weight is 288 g/mol. The molecular weight excluding hydrogens is 264 g/mol. The number of rotatable bonds is 6. The minimum Gasteiger partial charge on any atom is -0.395 e. The van der Waals surface area contributed by atoms with E-state index >= 15 is 0 Å². The maximum Gasteiger partial charge on any atom is 0.271 e. The van der Waals surface area contributed by atoms with Crippen LogP contribution in [0.3, 0.4) is 0 Å². The number of carbonyl (C=O) groups excluding carboxylic acids is 1. The molecule has 114 valence electrons. The van der Waals surface area contributed by atoms with E-state index < -0.39 is 0 Å². The highest BCUT2D eigenvalue weighted by Crippen LogP contribution is 2.10. The second kappa shape index (κ2) is 9.15. The minimum atomic E-state index is -0.195. The lowest BCUT2D eigenvalue weighted by Crippen LogP contribution is -2.34. The van der Waals surface area contributed by atoms with Crippen molar-refractivity contribution in [1.82, 2.24) is 10.3 Å². The van der Waals surface area contributed by atoms with Gasteiger partial charge in [-0.2, -0.15) is 0 Å². The summed E-state index contributed by atoms with van der Waals surface area (Å²) in [6.07, 6.45) is 4.02. The smallest absolute Gasteiger partial charge is 0.271 e. The quantitative estimate of drug-likeness (QED) is 0.790. The Morgan fingerprint density at radius 2 is 2.24 bits per heavy atom. The van der Waals surface area contributed by atoms with E-state index in [4.69, 9.17) is 5.11 Å². The molecule has 0 saturated carbocycles. The SMILES string of the molecule is CCC(C)CC(C)NC(=O)c1ncccc1C#CCCO. The number of aliphatic hydroxyl groups excluding tert-OH is 1. The van der Waals surface area contributed by atoms with Crippen LogP contribution in [-0.4, -0.2) is 28.6 Å². The monoisotopic (exact) mass is 288 g/mol. The molecule has 2 unspecified atom stereocenters. The molecule has 1 aromatic rings. The Hall–Kier alpha value is -1.86. The van der Waals surface area contributed by atoms with Crippen LogP contribution >= 0.6 is 0 Å². The highest BCUT2D eigenvalue weighted by Gasteiger charge is 2.15. The lowest BCUT2D eigenvalue weighted by atomic mass is 10.0. The highest BCUT2D eigenvalue weighted by atomic mass is 16.2.